The van der Waals surface area contributed by atoms with Gasteiger partial charge in [0, 0.05) is 32.4 Å². The molecule has 0 atom stereocenters. The molecule has 0 spiro atoms. The molecule has 1 fully saturated rings. The maximum atomic E-state index is 12.9. The average Bonchev–Trinajstić information content (AvgIpc) is 3.55. The number of rotatable bonds is 8. The number of amides is 1. The second-order valence-electron chi connectivity index (χ2n) is 7.13. The van der Waals surface area contributed by atoms with Crippen LogP contribution < -0.4 is 14.2 Å². The fourth-order valence-corrected chi connectivity index (χ4v) is 6.04. The molecule has 4 rings (SSSR count). The zero-order chi connectivity index (χ0) is 23.4. The van der Waals surface area contributed by atoms with E-state index in [9.17, 15) is 13.2 Å². The highest BCUT2D eigenvalue weighted by Gasteiger charge is 2.31. The van der Waals surface area contributed by atoms with Gasteiger partial charge in [-0.2, -0.15) is 9.40 Å². The molecular weight excluding hydrogens is 468 g/mol. The third-order valence-corrected chi connectivity index (χ3v) is 8.47. The second-order valence-corrected chi connectivity index (χ2v) is 10.2. The first-order valence-corrected chi connectivity index (χ1v) is 12.5. The average molecular weight is 493 g/mol. The quantitative estimate of drug-likeness (QED) is 0.475. The Hall–Kier alpha value is -3.09. The lowest BCUT2D eigenvalue weighted by molar-refractivity contribution is 0.0690. The zero-order valence-electron chi connectivity index (χ0n) is 18.2. The van der Waals surface area contributed by atoms with Crippen LogP contribution in [0.2, 0.25) is 0 Å². The minimum atomic E-state index is -3.52. The summed E-state index contributed by atoms with van der Waals surface area (Å²) in [7, 11) is -0.438. The van der Waals surface area contributed by atoms with Crippen molar-refractivity contribution in [1.29, 1.82) is 0 Å². The van der Waals surface area contributed by atoms with E-state index < -0.39 is 10.0 Å². The molecule has 0 aliphatic carbocycles. The molecule has 0 bridgehead atoms. The maximum Gasteiger partial charge on any atom is 0.274 e. The number of hydrogen-bond acceptors (Lipinski definition) is 8. The number of para-hydroxylation sites is 1. The van der Waals surface area contributed by atoms with Crippen LogP contribution >= 0.6 is 11.3 Å². The van der Waals surface area contributed by atoms with E-state index >= 15 is 0 Å². The van der Waals surface area contributed by atoms with E-state index in [-0.39, 0.29) is 31.4 Å². The van der Waals surface area contributed by atoms with Crippen LogP contribution in [-0.2, 0) is 16.8 Å². The van der Waals surface area contributed by atoms with Gasteiger partial charge >= 0.3 is 0 Å². The number of carbonyl (C=O) groups is 1. The lowest BCUT2D eigenvalue weighted by Crippen LogP contribution is -2.50. The molecule has 1 aromatic carbocycles. The smallest absolute Gasteiger partial charge is 0.274 e. The first-order valence-electron chi connectivity index (χ1n) is 10.1. The number of piperazine rings is 1. The Bertz CT molecular complexity index is 1180. The van der Waals surface area contributed by atoms with E-state index in [1.165, 1.54) is 34.5 Å². The Morgan fingerprint density at radius 3 is 2.33 bits per heavy atom. The monoisotopic (exact) mass is 492 g/mol. The standard InChI is InChI=1S/C21H24N4O6S2/c1-29-17-5-3-6-18(30-2)20(17)31-15-24-9-8-16(22-24)21(26)23-10-12-25(13-11-23)33(27,28)19-7-4-14-32-19/h3-9,14H,10-13,15H2,1-2H3. The van der Waals surface area contributed by atoms with Crippen LogP contribution in [0, 0.1) is 0 Å². The Balaban J connectivity index is 1.36. The van der Waals surface area contributed by atoms with Gasteiger partial charge in [0.15, 0.2) is 23.9 Å². The minimum absolute atomic E-state index is 0.0524. The second kappa shape index (κ2) is 9.81. The summed E-state index contributed by atoms with van der Waals surface area (Å²) in [6.45, 7) is 1.13. The number of nitrogens with zero attached hydrogens (tertiary/aromatic N) is 4. The number of carbonyl (C=O) groups excluding carboxylic acids is 1. The minimum Gasteiger partial charge on any atom is -0.493 e. The number of ether oxygens (including phenoxy) is 3. The summed E-state index contributed by atoms with van der Waals surface area (Å²) >= 11 is 1.19. The van der Waals surface area contributed by atoms with Crippen molar-refractivity contribution in [2.45, 2.75) is 10.9 Å². The summed E-state index contributed by atoms with van der Waals surface area (Å²) in [5.41, 5.74) is 0.264. The summed E-state index contributed by atoms with van der Waals surface area (Å²) in [4.78, 5) is 14.5. The molecule has 176 valence electrons. The Morgan fingerprint density at radius 2 is 1.73 bits per heavy atom. The van der Waals surface area contributed by atoms with E-state index in [0.29, 0.717) is 34.5 Å². The molecule has 3 aromatic rings. The highest BCUT2D eigenvalue weighted by Crippen LogP contribution is 2.36. The molecule has 1 amide bonds. The van der Waals surface area contributed by atoms with Crippen LogP contribution in [0.1, 0.15) is 10.5 Å². The van der Waals surface area contributed by atoms with E-state index in [2.05, 4.69) is 5.10 Å². The first kappa shape index (κ1) is 23.1. The topological polar surface area (TPSA) is 103 Å². The van der Waals surface area contributed by atoms with Gasteiger partial charge in [0.1, 0.15) is 4.21 Å². The Kier molecular flexibility index (Phi) is 6.86. The lowest BCUT2D eigenvalue weighted by Gasteiger charge is -2.33. The van der Waals surface area contributed by atoms with Crippen LogP contribution in [-0.4, -0.2) is 73.7 Å². The molecule has 1 aliphatic heterocycles. The van der Waals surface area contributed by atoms with Crippen LogP contribution in [0.25, 0.3) is 0 Å². The van der Waals surface area contributed by atoms with Crippen molar-refractivity contribution in [3.8, 4) is 17.2 Å². The van der Waals surface area contributed by atoms with Crippen molar-refractivity contribution in [3.63, 3.8) is 0 Å². The maximum absolute atomic E-state index is 12.9. The number of hydrogen-bond donors (Lipinski definition) is 0. The molecule has 1 aliphatic rings. The predicted molar refractivity (Wildman–Crippen MR) is 121 cm³/mol. The highest BCUT2D eigenvalue weighted by molar-refractivity contribution is 7.91. The Labute approximate surface area is 195 Å². The lowest BCUT2D eigenvalue weighted by atomic mass is 10.3. The third-order valence-electron chi connectivity index (χ3n) is 5.20. The van der Waals surface area contributed by atoms with Crippen molar-refractivity contribution in [2.75, 3.05) is 40.4 Å². The SMILES string of the molecule is COc1cccc(OC)c1OCn1ccc(C(=O)N2CCN(S(=O)(=O)c3cccs3)CC2)n1. The van der Waals surface area contributed by atoms with Crippen LogP contribution in [0.15, 0.2) is 52.2 Å². The van der Waals surface area contributed by atoms with Gasteiger partial charge in [0.2, 0.25) is 5.75 Å². The first-order chi connectivity index (χ1) is 15.9. The normalized spacial score (nSPS) is 14.8. The summed E-state index contributed by atoms with van der Waals surface area (Å²) in [5.74, 6) is 1.23. The molecule has 0 unspecified atom stereocenters. The molecule has 12 heteroatoms. The van der Waals surface area contributed by atoms with Gasteiger partial charge in [-0.25, -0.2) is 13.1 Å². The molecule has 2 aromatic heterocycles. The van der Waals surface area contributed by atoms with Crippen molar-refractivity contribution in [1.82, 2.24) is 19.0 Å². The molecule has 3 heterocycles. The largest absolute Gasteiger partial charge is 0.493 e. The van der Waals surface area contributed by atoms with Crippen molar-refractivity contribution in [2.24, 2.45) is 0 Å². The zero-order valence-corrected chi connectivity index (χ0v) is 19.8. The van der Waals surface area contributed by atoms with Gasteiger partial charge in [-0.1, -0.05) is 12.1 Å². The molecule has 0 radical (unpaired) electrons. The summed E-state index contributed by atoms with van der Waals surface area (Å²) in [6.07, 6.45) is 1.65. The van der Waals surface area contributed by atoms with Crippen LogP contribution in [0.5, 0.6) is 17.2 Å². The number of benzene rings is 1. The van der Waals surface area contributed by atoms with Crippen LogP contribution in [0.4, 0.5) is 0 Å². The fraction of sp³-hybridized carbons (Fsp3) is 0.333. The summed E-state index contributed by atoms with van der Waals surface area (Å²) < 4.78 is 45.0. The van der Waals surface area contributed by atoms with E-state index in [1.807, 2.05) is 0 Å². The van der Waals surface area contributed by atoms with Gasteiger partial charge in [-0.05, 0) is 29.6 Å². The van der Waals surface area contributed by atoms with E-state index in [1.54, 1.807) is 52.9 Å². The van der Waals surface area contributed by atoms with Gasteiger partial charge < -0.3 is 19.1 Å². The molecule has 0 N–H and O–H groups in total. The van der Waals surface area contributed by atoms with E-state index in [0.717, 1.165) is 0 Å². The predicted octanol–water partition coefficient (Wildman–Crippen LogP) is 2.15. The van der Waals surface area contributed by atoms with Gasteiger partial charge in [0.25, 0.3) is 15.9 Å². The van der Waals surface area contributed by atoms with Crippen molar-refractivity contribution < 1.29 is 27.4 Å². The van der Waals surface area contributed by atoms with Crippen molar-refractivity contribution in [3.05, 3.63) is 53.7 Å². The number of thiophene rings is 1. The summed E-state index contributed by atoms with van der Waals surface area (Å²) in [6, 6.07) is 10.2. The third kappa shape index (κ3) is 4.82. The number of aromatic nitrogens is 2. The molecular formula is C21H24N4O6S2. The fourth-order valence-electron chi connectivity index (χ4n) is 3.47. The van der Waals surface area contributed by atoms with Gasteiger partial charge in [-0.15, -0.1) is 11.3 Å². The number of methoxy groups -OCH3 is 2. The number of sulfonamides is 1. The molecule has 10 nitrogen and oxygen atoms in total. The summed E-state index contributed by atoms with van der Waals surface area (Å²) in [5, 5.41) is 6.04. The van der Waals surface area contributed by atoms with Gasteiger partial charge in [0.05, 0.1) is 14.2 Å². The van der Waals surface area contributed by atoms with Crippen molar-refractivity contribution >= 4 is 27.3 Å². The molecule has 33 heavy (non-hydrogen) atoms. The molecule has 0 saturated carbocycles. The van der Waals surface area contributed by atoms with E-state index in [4.69, 9.17) is 14.2 Å². The highest BCUT2D eigenvalue weighted by atomic mass is 32.2. The van der Waals surface area contributed by atoms with Gasteiger partial charge in [-0.3, -0.25) is 4.79 Å². The Morgan fingerprint density at radius 1 is 1.03 bits per heavy atom. The molecule has 1 saturated heterocycles. The van der Waals surface area contributed by atoms with Crippen LogP contribution in [0.3, 0.4) is 0 Å².